The summed E-state index contributed by atoms with van der Waals surface area (Å²) in [6.07, 6.45) is 0. The number of rotatable bonds is 4. The number of amides is 2. The van der Waals surface area contributed by atoms with Crippen molar-refractivity contribution in [3.8, 4) is 0 Å². The second kappa shape index (κ2) is 6.97. The first kappa shape index (κ1) is 13.6. The van der Waals surface area contributed by atoms with Gasteiger partial charge in [0.05, 0.1) is 0 Å². The van der Waals surface area contributed by atoms with E-state index < -0.39 is 0 Å². The van der Waals surface area contributed by atoms with E-state index in [2.05, 4.69) is 4.90 Å². The van der Waals surface area contributed by atoms with Crippen molar-refractivity contribution in [2.45, 2.75) is 13.8 Å². The van der Waals surface area contributed by atoms with Crippen LogP contribution in [0.1, 0.15) is 13.8 Å². The minimum absolute atomic E-state index is 0.176. The number of urea groups is 1. The average molecular weight is 248 g/mol. The van der Waals surface area contributed by atoms with Gasteiger partial charge in [0.1, 0.15) is 0 Å². The largest absolute Gasteiger partial charge is 0.325 e. The van der Waals surface area contributed by atoms with Gasteiger partial charge in [-0.1, -0.05) is 0 Å². The summed E-state index contributed by atoms with van der Waals surface area (Å²) in [7, 11) is 0. The molecule has 0 radical (unpaired) electrons. The lowest BCUT2D eigenvalue weighted by Crippen LogP contribution is -2.53. The Hall–Kier alpha value is -0.480. The third-order valence-corrected chi connectivity index (χ3v) is 3.25. The van der Waals surface area contributed by atoms with Crippen LogP contribution < -0.4 is 0 Å². The molecule has 2 amide bonds. The summed E-state index contributed by atoms with van der Waals surface area (Å²) in [4.78, 5) is 18.2. The zero-order valence-corrected chi connectivity index (χ0v) is 11.0. The van der Waals surface area contributed by atoms with Crippen molar-refractivity contribution in [2.24, 2.45) is 0 Å². The van der Waals surface area contributed by atoms with E-state index in [0.717, 1.165) is 45.8 Å². The Kier molecular flexibility index (Phi) is 5.91. The Bertz CT molecular complexity index is 213. The molecule has 0 unspecified atom stereocenters. The van der Waals surface area contributed by atoms with Crippen LogP contribution >= 0.6 is 11.6 Å². The van der Waals surface area contributed by atoms with Crippen LogP contribution in [-0.2, 0) is 0 Å². The molecule has 0 bridgehead atoms. The number of piperazine rings is 1. The summed E-state index contributed by atoms with van der Waals surface area (Å²) in [6.45, 7) is 10.1. The lowest BCUT2D eigenvalue weighted by Gasteiger charge is -2.36. The molecule has 0 spiro atoms. The molecule has 0 aromatic rings. The van der Waals surface area contributed by atoms with Crippen LogP contribution in [0.4, 0.5) is 4.79 Å². The van der Waals surface area contributed by atoms with Crippen LogP contribution in [0.3, 0.4) is 0 Å². The van der Waals surface area contributed by atoms with Gasteiger partial charge in [0.2, 0.25) is 0 Å². The predicted octanol–water partition coefficient (Wildman–Crippen LogP) is 1.30. The van der Waals surface area contributed by atoms with Crippen LogP contribution in [0.15, 0.2) is 0 Å². The van der Waals surface area contributed by atoms with E-state index in [0.29, 0.717) is 5.88 Å². The highest BCUT2D eigenvalue weighted by Gasteiger charge is 2.23. The first-order chi connectivity index (χ1) is 7.72. The molecule has 16 heavy (non-hydrogen) atoms. The predicted molar refractivity (Wildman–Crippen MR) is 67.1 cm³/mol. The molecule has 94 valence electrons. The van der Waals surface area contributed by atoms with Crippen molar-refractivity contribution in [2.75, 3.05) is 51.7 Å². The van der Waals surface area contributed by atoms with E-state index in [1.807, 2.05) is 23.6 Å². The van der Waals surface area contributed by atoms with Crippen molar-refractivity contribution in [3.63, 3.8) is 0 Å². The summed E-state index contributed by atoms with van der Waals surface area (Å²) in [5.41, 5.74) is 0. The smallest absolute Gasteiger partial charge is 0.320 e. The molecule has 1 rings (SSSR count). The topological polar surface area (TPSA) is 26.8 Å². The zero-order chi connectivity index (χ0) is 12.0. The minimum Gasteiger partial charge on any atom is -0.325 e. The molecule has 4 nitrogen and oxygen atoms in total. The Balaban J connectivity index is 2.38. The summed E-state index contributed by atoms with van der Waals surface area (Å²) in [6, 6.07) is 0.176. The van der Waals surface area contributed by atoms with Crippen molar-refractivity contribution >= 4 is 17.6 Å². The molecule has 0 aliphatic carbocycles. The number of hydrogen-bond acceptors (Lipinski definition) is 2. The molecule has 1 saturated heterocycles. The van der Waals surface area contributed by atoms with Crippen LogP contribution in [0.25, 0.3) is 0 Å². The molecule has 0 aromatic carbocycles. The van der Waals surface area contributed by atoms with Gasteiger partial charge in [-0.3, -0.25) is 4.90 Å². The van der Waals surface area contributed by atoms with Gasteiger partial charge in [0.15, 0.2) is 0 Å². The summed E-state index contributed by atoms with van der Waals surface area (Å²) in [5, 5.41) is 0. The number of carbonyl (C=O) groups excluding carboxylic acids is 1. The lowest BCUT2D eigenvalue weighted by molar-refractivity contribution is 0.118. The van der Waals surface area contributed by atoms with Gasteiger partial charge in [0, 0.05) is 51.7 Å². The fourth-order valence-corrected chi connectivity index (χ4v) is 2.22. The molecule has 1 aliphatic rings. The zero-order valence-electron chi connectivity index (χ0n) is 10.3. The molecule has 1 aliphatic heterocycles. The van der Waals surface area contributed by atoms with Crippen molar-refractivity contribution in [1.29, 1.82) is 0 Å². The normalized spacial score (nSPS) is 17.6. The van der Waals surface area contributed by atoms with E-state index in [4.69, 9.17) is 11.6 Å². The number of halogens is 1. The third-order valence-electron chi connectivity index (χ3n) is 3.08. The second-order valence-electron chi connectivity index (χ2n) is 3.97. The van der Waals surface area contributed by atoms with E-state index >= 15 is 0 Å². The standard InChI is InChI=1S/C11H22ClN3O/c1-3-14(4-2)11(16)15-9-7-13(6-5-12)8-10-15/h3-10H2,1-2H3. The molecular weight excluding hydrogens is 226 g/mol. The number of alkyl halides is 1. The lowest BCUT2D eigenvalue weighted by atomic mass is 10.3. The average Bonchev–Trinajstić information content (AvgIpc) is 2.32. The van der Waals surface area contributed by atoms with E-state index in [9.17, 15) is 4.79 Å². The highest BCUT2D eigenvalue weighted by atomic mass is 35.5. The highest BCUT2D eigenvalue weighted by molar-refractivity contribution is 6.18. The van der Waals surface area contributed by atoms with Crippen LogP contribution in [0, 0.1) is 0 Å². The molecule has 0 atom stereocenters. The summed E-state index contributed by atoms with van der Waals surface area (Å²) >= 11 is 5.70. The highest BCUT2D eigenvalue weighted by Crippen LogP contribution is 2.05. The Labute approximate surface area is 103 Å². The minimum atomic E-state index is 0.176. The van der Waals surface area contributed by atoms with E-state index in [1.54, 1.807) is 0 Å². The van der Waals surface area contributed by atoms with Crippen molar-refractivity contribution in [3.05, 3.63) is 0 Å². The Morgan fingerprint density at radius 2 is 1.75 bits per heavy atom. The van der Waals surface area contributed by atoms with Gasteiger partial charge in [-0.2, -0.15) is 0 Å². The van der Waals surface area contributed by atoms with E-state index in [1.165, 1.54) is 0 Å². The van der Waals surface area contributed by atoms with Crippen LogP contribution in [0.5, 0.6) is 0 Å². The first-order valence-corrected chi connectivity index (χ1v) is 6.58. The number of hydrogen-bond donors (Lipinski definition) is 0. The summed E-state index contributed by atoms with van der Waals surface area (Å²) < 4.78 is 0. The second-order valence-corrected chi connectivity index (χ2v) is 4.35. The van der Waals surface area contributed by atoms with E-state index in [-0.39, 0.29) is 6.03 Å². The molecule has 5 heteroatoms. The van der Waals surface area contributed by atoms with Gasteiger partial charge in [-0.25, -0.2) is 4.79 Å². The molecular formula is C11H22ClN3O. The van der Waals surface area contributed by atoms with Crippen molar-refractivity contribution in [1.82, 2.24) is 14.7 Å². The van der Waals surface area contributed by atoms with Gasteiger partial charge in [-0.15, -0.1) is 11.6 Å². The molecule has 0 saturated carbocycles. The Morgan fingerprint density at radius 3 is 2.19 bits per heavy atom. The van der Waals surface area contributed by atoms with Gasteiger partial charge < -0.3 is 9.80 Å². The molecule has 0 N–H and O–H groups in total. The number of nitrogens with zero attached hydrogens (tertiary/aromatic N) is 3. The molecule has 1 fully saturated rings. The first-order valence-electron chi connectivity index (χ1n) is 6.05. The monoisotopic (exact) mass is 247 g/mol. The molecule has 1 heterocycles. The van der Waals surface area contributed by atoms with Gasteiger partial charge in [0.25, 0.3) is 0 Å². The quantitative estimate of drug-likeness (QED) is 0.701. The van der Waals surface area contributed by atoms with Gasteiger partial charge >= 0.3 is 6.03 Å². The SMILES string of the molecule is CCN(CC)C(=O)N1CCN(CCCl)CC1. The number of carbonyl (C=O) groups is 1. The Morgan fingerprint density at radius 1 is 1.19 bits per heavy atom. The van der Waals surface area contributed by atoms with Gasteiger partial charge in [-0.05, 0) is 13.8 Å². The maximum atomic E-state index is 12.0. The maximum absolute atomic E-state index is 12.0. The van der Waals surface area contributed by atoms with Crippen LogP contribution in [-0.4, -0.2) is 72.4 Å². The third kappa shape index (κ3) is 3.52. The molecule has 0 aromatic heterocycles. The van der Waals surface area contributed by atoms with Crippen LogP contribution in [0.2, 0.25) is 0 Å². The fourth-order valence-electron chi connectivity index (χ4n) is 1.98. The fraction of sp³-hybridized carbons (Fsp3) is 0.909. The summed E-state index contributed by atoms with van der Waals surface area (Å²) in [5.74, 6) is 0.671. The maximum Gasteiger partial charge on any atom is 0.320 e. The van der Waals surface area contributed by atoms with Crippen molar-refractivity contribution < 1.29 is 4.79 Å².